The van der Waals surface area contributed by atoms with E-state index in [0.717, 1.165) is 0 Å². The summed E-state index contributed by atoms with van der Waals surface area (Å²) < 4.78 is 6.40. The second-order valence-electron chi connectivity index (χ2n) is 5.08. The Kier molecular flexibility index (Phi) is 3.99. The average molecular weight is 354 g/mol. The molecule has 2 N–H and O–H groups in total. The summed E-state index contributed by atoms with van der Waals surface area (Å²) in [7, 11) is 1.32. The molecule has 0 aliphatic carbocycles. The number of carbonyl (C=O) groups is 1. The number of anilines is 1. The number of halogens is 2. The van der Waals surface area contributed by atoms with Crippen LogP contribution in [0.2, 0.25) is 10.0 Å². The summed E-state index contributed by atoms with van der Waals surface area (Å²) in [4.78, 5) is 20.7. The lowest BCUT2D eigenvalue weighted by molar-refractivity contribution is -0.144. The van der Waals surface area contributed by atoms with Crippen LogP contribution in [0.25, 0.3) is 0 Å². The van der Waals surface area contributed by atoms with Gasteiger partial charge in [0.2, 0.25) is 11.9 Å². The SMILES string of the molecule is COC(=O)C1C(C)=Nc2nc(N)nn2C1c1ccc(Cl)cc1Cl. The Morgan fingerprint density at radius 3 is 2.78 bits per heavy atom. The number of rotatable bonds is 2. The van der Waals surface area contributed by atoms with Crippen molar-refractivity contribution in [2.75, 3.05) is 12.8 Å². The molecule has 23 heavy (non-hydrogen) atoms. The fourth-order valence-electron chi connectivity index (χ4n) is 2.67. The van der Waals surface area contributed by atoms with Gasteiger partial charge in [0, 0.05) is 15.8 Å². The van der Waals surface area contributed by atoms with Crippen molar-refractivity contribution in [1.29, 1.82) is 0 Å². The van der Waals surface area contributed by atoms with Gasteiger partial charge in [-0.1, -0.05) is 29.3 Å². The van der Waals surface area contributed by atoms with Crippen LogP contribution in [0, 0.1) is 5.92 Å². The first-order chi connectivity index (χ1) is 10.9. The Labute approximate surface area is 142 Å². The minimum absolute atomic E-state index is 0.0668. The molecule has 1 aromatic carbocycles. The lowest BCUT2D eigenvalue weighted by atomic mass is 9.88. The second kappa shape index (κ2) is 5.82. The molecule has 2 atom stereocenters. The zero-order valence-electron chi connectivity index (χ0n) is 12.3. The Balaban J connectivity index is 2.23. The van der Waals surface area contributed by atoms with Gasteiger partial charge >= 0.3 is 5.97 Å². The molecule has 0 spiro atoms. The van der Waals surface area contributed by atoms with Crippen LogP contribution in [0.15, 0.2) is 23.2 Å². The summed E-state index contributed by atoms with van der Waals surface area (Å²) in [5.41, 5.74) is 6.89. The molecular formula is C14H13Cl2N5O2. The fourth-order valence-corrected chi connectivity index (χ4v) is 3.19. The minimum atomic E-state index is -0.688. The third-order valence-corrected chi connectivity index (χ3v) is 4.23. The van der Waals surface area contributed by atoms with Crippen LogP contribution < -0.4 is 5.73 Å². The van der Waals surface area contributed by atoms with E-state index in [1.807, 2.05) is 0 Å². The molecular weight excluding hydrogens is 341 g/mol. The molecule has 0 radical (unpaired) electrons. The predicted molar refractivity (Wildman–Crippen MR) is 87.3 cm³/mol. The van der Waals surface area contributed by atoms with Crippen molar-refractivity contribution in [3.05, 3.63) is 33.8 Å². The van der Waals surface area contributed by atoms with Gasteiger partial charge in [-0.25, -0.2) is 9.67 Å². The molecule has 7 nitrogen and oxygen atoms in total. The maximum atomic E-state index is 12.3. The maximum absolute atomic E-state index is 12.3. The standard InChI is InChI=1S/C14H13Cl2N5O2/c1-6-10(12(22)23-2)11(8-4-3-7(15)5-9(8)16)21-14(18-6)19-13(17)20-21/h3-5,10-11H,1-2H3,(H2,17,20). The lowest BCUT2D eigenvalue weighted by Gasteiger charge is -2.29. The molecule has 2 unspecified atom stereocenters. The molecule has 0 bridgehead atoms. The number of aliphatic imine (C=N–C) groups is 1. The number of fused-ring (bicyclic) bond motifs is 1. The molecule has 9 heteroatoms. The van der Waals surface area contributed by atoms with Gasteiger partial charge in [0.05, 0.1) is 7.11 Å². The topological polar surface area (TPSA) is 95.4 Å². The molecule has 0 saturated carbocycles. The average Bonchev–Trinajstić information content (AvgIpc) is 2.85. The highest BCUT2D eigenvalue weighted by Gasteiger charge is 2.40. The van der Waals surface area contributed by atoms with Crippen LogP contribution in [0.1, 0.15) is 18.5 Å². The van der Waals surface area contributed by atoms with Crippen molar-refractivity contribution in [1.82, 2.24) is 14.8 Å². The minimum Gasteiger partial charge on any atom is -0.468 e. The van der Waals surface area contributed by atoms with Crippen LogP contribution in [0.4, 0.5) is 11.9 Å². The number of hydrogen-bond donors (Lipinski definition) is 1. The van der Waals surface area contributed by atoms with Gasteiger partial charge in [0.1, 0.15) is 12.0 Å². The van der Waals surface area contributed by atoms with Crippen LogP contribution in [-0.2, 0) is 9.53 Å². The van der Waals surface area contributed by atoms with Gasteiger partial charge in [-0.15, -0.1) is 5.10 Å². The second-order valence-corrected chi connectivity index (χ2v) is 5.92. The summed E-state index contributed by atoms with van der Waals surface area (Å²) in [5, 5.41) is 5.05. The summed E-state index contributed by atoms with van der Waals surface area (Å²) in [5.74, 6) is -0.748. The zero-order chi connectivity index (χ0) is 16.7. The predicted octanol–water partition coefficient (Wildman–Crippen LogP) is 2.65. The van der Waals surface area contributed by atoms with Gasteiger partial charge in [-0.05, 0) is 24.6 Å². The third kappa shape index (κ3) is 2.66. The highest BCUT2D eigenvalue weighted by Crippen LogP contribution is 2.39. The molecule has 2 heterocycles. The highest BCUT2D eigenvalue weighted by molar-refractivity contribution is 6.35. The van der Waals surface area contributed by atoms with Crippen molar-refractivity contribution in [2.45, 2.75) is 13.0 Å². The van der Waals surface area contributed by atoms with E-state index < -0.39 is 17.9 Å². The normalized spacial score (nSPS) is 19.9. The summed E-state index contributed by atoms with van der Waals surface area (Å²) in [6.45, 7) is 1.73. The van der Waals surface area contributed by atoms with Crippen LogP contribution in [0.3, 0.4) is 0 Å². The van der Waals surface area contributed by atoms with E-state index in [1.54, 1.807) is 25.1 Å². The maximum Gasteiger partial charge on any atom is 0.316 e. The molecule has 0 fully saturated rings. The lowest BCUT2D eigenvalue weighted by Crippen LogP contribution is -2.36. The summed E-state index contributed by atoms with van der Waals surface area (Å²) >= 11 is 12.3. The van der Waals surface area contributed by atoms with Crippen molar-refractivity contribution in [3.8, 4) is 0 Å². The summed E-state index contributed by atoms with van der Waals surface area (Å²) in [6.07, 6.45) is 0. The molecule has 0 amide bonds. The van der Waals surface area contributed by atoms with Gasteiger partial charge in [-0.3, -0.25) is 4.79 Å². The van der Waals surface area contributed by atoms with E-state index in [9.17, 15) is 4.79 Å². The first-order valence-corrected chi connectivity index (χ1v) is 7.48. The van der Waals surface area contributed by atoms with Crippen molar-refractivity contribution < 1.29 is 9.53 Å². The number of methoxy groups -OCH3 is 1. The van der Waals surface area contributed by atoms with Crippen molar-refractivity contribution >= 4 is 46.8 Å². The number of benzene rings is 1. The van der Waals surface area contributed by atoms with Crippen molar-refractivity contribution in [3.63, 3.8) is 0 Å². The number of nitrogens with two attached hydrogens (primary N) is 1. The molecule has 1 aliphatic heterocycles. The Morgan fingerprint density at radius 2 is 2.13 bits per heavy atom. The first-order valence-electron chi connectivity index (χ1n) is 6.72. The van der Waals surface area contributed by atoms with Gasteiger partial charge in [-0.2, -0.15) is 4.98 Å². The highest BCUT2D eigenvalue weighted by atomic mass is 35.5. The van der Waals surface area contributed by atoms with E-state index in [0.29, 0.717) is 27.3 Å². The molecule has 120 valence electrons. The number of carbonyl (C=O) groups excluding carboxylic acids is 1. The largest absolute Gasteiger partial charge is 0.468 e. The Bertz CT molecular complexity index is 817. The molecule has 1 aliphatic rings. The van der Waals surface area contributed by atoms with E-state index >= 15 is 0 Å². The van der Waals surface area contributed by atoms with E-state index in [4.69, 9.17) is 33.7 Å². The number of nitrogen functional groups attached to an aromatic ring is 1. The van der Waals surface area contributed by atoms with Crippen LogP contribution >= 0.6 is 23.2 Å². The molecule has 3 rings (SSSR count). The van der Waals surface area contributed by atoms with Crippen LogP contribution in [0.5, 0.6) is 0 Å². The smallest absolute Gasteiger partial charge is 0.316 e. The van der Waals surface area contributed by atoms with Gasteiger partial charge in [0.15, 0.2) is 0 Å². The van der Waals surface area contributed by atoms with Gasteiger partial charge < -0.3 is 10.5 Å². The van der Waals surface area contributed by atoms with Crippen molar-refractivity contribution in [2.24, 2.45) is 10.9 Å². The molecule has 0 saturated heterocycles. The third-order valence-electron chi connectivity index (χ3n) is 3.67. The van der Waals surface area contributed by atoms with Gasteiger partial charge in [0.25, 0.3) is 0 Å². The summed E-state index contributed by atoms with van der Waals surface area (Å²) in [6, 6.07) is 4.47. The van der Waals surface area contributed by atoms with Crippen LogP contribution in [-0.4, -0.2) is 33.6 Å². The fraction of sp³-hybridized carbons (Fsp3) is 0.286. The Hall–Kier alpha value is -2.12. The van der Waals surface area contributed by atoms with E-state index in [-0.39, 0.29) is 5.95 Å². The number of aromatic nitrogens is 3. The zero-order valence-corrected chi connectivity index (χ0v) is 13.8. The quantitative estimate of drug-likeness (QED) is 0.837. The van der Waals surface area contributed by atoms with E-state index in [1.165, 1.54) is 11.8 Å². The molecule has 1 aromatic heterocycles. The Morgan fingerprint density at radius 1 is 1.39 bits per heavy atom. The number of ether oxygens (including phenoxy) is 1. The first kappa shape index (κ1) is 15.8. The monoisotopic (exact) mass is 353 g/mol. The number of esters is 1. The molecule has 2 aromatic rings. The number of nitrogens with zero attached hydrogens (tertiary/aromatic N) is 4. The van der Waals surface area contributed by atoms with E-state index in [2.05, 4.69) is 15.1 Å². The number of hydrogen-bond acceptors (Lipinski definition) is 6.